The number of benzene rings is 1. The molecule has 1 aliphatic carbocycles. The monoisotopic (exact) mass is 313 g/mol. The van der Waals surface area contributed by atoms with Crippen LogP contribution in [0.5, 0.6) is 0 Å². The van der Waals surface area contributed by atoms with Gasteiger partial charge in [-0.15, -0.1) is 0 Å². The fourth-order valence-electron chi connectivity index (χ4n) is 2.55. The summed E-state index contributed by atoms with van der Waals surface area (Å²) in [6, 6.07) is 3.54. The Morgan fingerprint density at radius 2 is 1.85 bits per heavy atom. The van der Waals surface area contributed by atoms with Crippen molar-refractivity contribution in [1.29, 1.82) is 0 Å². The molecule has 1 aromatic carbocycles. The molecule has 20 heavy (non-hydrogen) atoms. The van der Waals surface area contributed by atoms with Crippen LogP contribution in [0.1, 0.15) is 25.7 Å². The number of nitrogens with zero attached hydrogens (tertiary/aromatic N) is 2. The van der Waals surface area contributed by atoms with Gasteiger partial charge in [-0.3, -0.25) is 4.57 Å². The molecule has 0 saturated heterocycles. The standard InChI is InChI=1S/C14H14Cl2FN3/c15-11-7-10(8-12(16)13(11)17)20-6-5-18-14(20)19-9-3-1-2-4-9/h5-9H,1-4H2,(H,18,19). The highest BCUT2D eigenvalue weighted by Gasteiger charge is 2.17. The summed E-state index contributed by atoms with van der Waals surface area (Å²) in [4.78, 5) is 4.31. The first kappa shape index (κ1) is 13.7. The van der Waals surface area contributed by atoms with Gasteiger partial charge < -0.3 is 5.32 Å². The van der Waals surface area contributed by atoms with Crippen LogP contribution in [0.15, 0.2) is 24.5 Å². The van der Waals surface area contributed by atoms with E-state index in [4.69, 9.17) is 23.2 Å². The van der Waals surface area contributed by atoms with Crippen molar-refractivity contribution < 1.29 is 4.39 Å². The second-order valence-electron chi connectivity index (χ2n) is 4.97. The van der Waals surface area contributed by atoms with E-state index >= 15 is 0 Å². The molecule has 0 unspecified atom stereocenters. The molecule has 1 heterocycles. The van der Waals surface area contributed by atoms with Gasteiger partial charge in [0, 0.05) is 18.4 Å². The van der Waals surface area contributed by atoms with Gasteiger partial charge in [0.2, 0.25) is 5.95 Å². The molecular weight excluding hydrogens is 300 g/mol. The minimum absolute atomic E-state index is 0.00742. The number of nitrogens with one attached hydrogen (secondary N) is 1. The number of imidazole rings is 1. The molecule has 1 aromatic heterocycles. The normalized spacial score (nSPS) is 15.8. The van der Waals surface area contributed by atoms with Crippen LogP contribution in [0.25, 0.3) is 5.69 Å². The summed E-state index contributed by atoms with van der Waals surface area (Å²) in [5.74, 6) is 0.137. The number of hydrogen-bond acceptors (Lipinski definition) is 2. The quantitative estimate of drug-likeness (QED) is 0.834. The minimum Gasteiger partial charge on any atom is -0.353 e. The molecule has 3 nitrogen and oxygen atoms in total. The molecule has 2 aromatic rings. The van der Waals surface area contributed by atoms with E-state index in [1.54, 1.807) is 24.5 Å². The van der Waals surface area contributed by atoms with Crippen molar-refractivity contribution in [2.24, 2.45) is 0 Å². The summed E-state index contributed by atoms with van der Waals surface area (Å²) in [6.45, 7) is 0. The Balaban J connectivity index is 1.92. The number of anilines is 1. The summed E-state index contributed by atoms with van der Waals surface area (Å²) < 4.78 is 15.3. The third-order valence-corrected chi connectivity index (χ3v) is 4.13. The highest BCUT2D eigenvalue weighted by Crippen LogP contribution is 2.29. The zero-order valence-electron chi connectivity index (χ0n) is 10.7. The SMILES string of the molecule is Fc1c(Cl)cc(-n2ccnc2NC2CCCC2)cc1Cl. The largest absolute Gasteiger partial charge is 0.353 e. The maximum Gasteiger partial charge on any atom is 0.207 e. The van der Waals surface area contributed by atoms with E-state index in [0.717, 1.165) is 18.8 Å². The lowest BCUT2D eigenvalue weighted by Crippen LogP contribution is -2.17. The Morgan fingerprint density at radius 3 is 2.50 bits per heavy atom. The second-order valence-corrected chi connectivity index (χ2v) is 5.78. The fraction of sp³-hybridized carbons (Fsp3) is 0.357. The third kappa shape index (κ3) is 2.63. The number of hydrogen-bond donors (Lipinski definition) is 1. The molecule has 1 fully saturated rings. The summed E-state index contributed by atoms with van der Waals surface area (Å²) in [5.41, 5.74) is 0.694. The maximum atomic E-state index is 13.5. The molecule has 0 amide bonds. The average molecular weight is 314 g/mol. The first-order chi connectivity index (χ1) is 9.65. The molecule has 1 saturated carbocycles. The van der Waals surface area contributed by atoms with Gasteiger partial charge in [0.25, 0.3) is 0 Å². The van der Waals surface area contributed by atoms with Gasteiger partial charge >= 0.3 is 0 Å². The highest BCUT2D eigenvalue weighted by molar-refractivity contribution is 6.35. The van der Waals surface area contributed by atoms with Crippen LogP contribution in [-0.2, 0) is 0 Å². The number of rotatable bonds is 3. The summed E-state index contributed by atoms with van der Waals surface area (Å²) >= 11 is 11.7. The third-order valence-electron chi connectivity index (χ3n) is 3.58. The van der Waals surface area contributed by atoms with Crippen LogP contribution in [0.2, 0.25) is 10.0 Å². The van der Waals surface area contributed by atoms with E-state index in [-0.39, 0.29) is 10.0 Å². The topological polar surface area (TPSA) is 29.9 Å². The highest BCUT2D eigenvalue weighted by atomic mass is 35.5. The van der Waals surface area contributed by atoms with Crippen LogP contribution in [-0.4, -0.2) is 15.6 Å². The predicted octanol–water partition coefficient (Wildman–Crippen LogP) is 4.67. The fourth-order valence-corrected chi connectivity index (χ4v) is 3.03. The van der Waals surface area contributed by atoms with Gasteiger partial charge in [-0.2, -0.15) is 0 Å². The Bertz CT molecular complexity index is 598. The molecule has 1 N–H and O–H groups in total. The van der Waals surface area contributed by atoms with Crippen molar-refractivity contribution in [3.8, 4) is 5.69 Å². The van der Waals surface area contributed by atoms with Crippen molar-refractivity contribution in [1.82, 2.24) is 9.55 Å². The Morgan fingerprint density at radius 1 is 1.20 bits per heavy atom. The molecule has 0 atom stereocenters. The first-order valence-electron chi connectivity index (χ1n) is 6.60. The molecule has 1 aliphatic rings. The smallest absolute Gasteiger partial charge is 0.207 e. The molecular formula is C14H14Cl2FN3. The number of aromatic nitrogens is 2. The van der Waals surface area contributed by atoms with E-state index in [0.29, 0.717) is 11.7 Å². The summed E-state index contributed by atoms with van der Waals surface area (Å²) in [6.07, 6.45) is 8.29. The van der Waals surface area contributed by atoms with Crippen LogP contribution in [0.4, 0.5) is 10.3 Å². The molecule has 6 heteroatoms. The van der Waals surface area contributed by atoms with Crippen molar-refractivity contribution >= 4 is 29.2 Å². The Labute approximate surface area is 126 Å². The lowest BCUT2D eigenvalue weighted by atomic mass is 10.2. The van der Waals surface area contributed by atoms with Crippen LogP contribution in [0.3, 0.4) is 0 Å². The van der Waals surface area contributed by atoms with E-state index in [2.05, 4.69) is 10.3 Å². The predicted molar refractivity (Wildman–Crippen MR) is 79.4 cm³/mol. The first-order valence-corrected chi connectivity index (χ1v) is 7.35. The lowest BCUT2D eigenvalue weighted by Gasteiger charge is -2.15. The van der Waals surface area contributed by atoms with Crippen LogP contribution < -0.4 is 5.32 Å². The molecule has 0 radical (unpaired) electrons. The van der Waals surface area contributed by atoms with Gasteiger partial charge in [0.1, 0.15) is 0 Å². The van der Waals surface area contributed by atoms with E-state index in [1.165, 1.54) is 12.8 Å². The van der Waals surface area contributed by atoms with Crippen molar-refractivity contribution in [2.75, 3.05) is 5.32 Å². The van der Waals surface area contributed by atoms with Crippen molar-refractivity contribution in [2.45, 2.75) is 31.7 Å². The van der Waals surface area contributed by atoms with Gasteiger partial charge in [-0.1, -0.05) is 36.0 Å². The molecule has 0 spiro atoms. The summed E-state index contributed by atoms with van der Waals surface area (Å²) in [7, 11) is 0. The molecule has 3 rings (SSSR count). The molecule has 0 bridgehead atoms. The Kier molecular flexibility index (Phi) is 3.85. The molecule has 0 aliphatic heterocycles. The molecule has 106 valence electrons. The number of halogens is 3. The van der Waals surface area contributed by atoms with Crippen LogP contribution in [0, 0.1) is 5.82 Å². The van der Waals surface area contributed by atoms with E-state index in [1.807, 2.05) is 4.57 Å². The van der Waals surface area contributed by atoms with E-state index in [9.17, 15) is 4.39 Å². The zero-order chi connectivity index (χ0) is 14.1. The maximum absolute atomic E-state index is 13.5. The van der Waals surface area contributed by atoms with Crippen LogP contribution >= 0.6 is 23.2 Å². The summed E-state index contributed by atoms with van der Waals surface area (Å²) in [5, 5.41) is 3.43. The van der Waals surface area contributed by atoms with Gasteiger partial charge in [-0.25, -0.2) is 9.37 Å². The van der Waals surface area contributed by atoms with E-state index < -0.39 is 5.82 Å². The second kappa shape index (κ2) is 5.62. The zero-order valence-corrected chi connectivity index (χ0v) is 12.3. The average Bonchev–Trinajstić information content (AvgIpc) is 3.07. The van der Waals surface area contributed by atoms with Gasteiger partial charge in [0.05, 0.1) is 15.7 Å². The van der Waals surface area contributed by atoms with Gasteiger partial charge in [0.15, 0.2) is 5.82 Å². The van der Waals surface area contributed by atoms with Crippen molar-refractivity contribution in [3.05, 3.63) is 40.4 Å². The van der Waals surface area contributed by atoms with Gasteiger partial charge in [-0.05, 0) is 25.0 Å². The lowest BCUT2D eigenvalue weighted by molar-refractivity contribution is 0.628. The Hall–Kier alpha value is -1.26. The minimum atomic E-state index is -0.595. The van der Waals surface area contributed by atoms with Crippen molar-refractivity contribution in [3.63, 3.8) is 0 Å².